The molecule has 2 aliphatic rings. The molecule has 4 rings (SSSR count). The highest BCUT2D eigenvalue weighted by atomic mass is 35.5. The molecule has 0 aliphatic carbocycles. The Bertz CT molecular complexity index is 1180. The summed E-state index contributed by atoms with van der Waals surface area (Å²) in [6.45, 7) is 5.05. The third-order valence-corrected chi connectivity index (χ3v) is 7.37. The van der Waals surface area contributed by atoms with Crippen LogP contribution in [0, 0.1) is 5.41 Å². The Labute approximate surface area is 227 Å². The molecular formula is C28H35ClN2O7. The van der Waals surface area contributed by atoms with Gasteiger partial charge in [-0.25, -0.2) is 0 Å². The van der Waals surface area contributed by atoms with Crippen molar-refractivity contribution >= 4 is 23.5 Å². The number of nitrogens with zero attached hydrogens (tertiary/aromatic N) is 1. The van der Waals surface area contributed by atoms with E-state index >= 15 is 0 Å². The van der Waals surface area contributed by atoms with Crippen molar-refractivity contribution in [2.75, 3.05) is 39.9 Å². The molecule has 1 spiro atoms. The Morgan fingerprint density at radius 3 is 2.61 bits per heavy atom. The summed E-state index contributed by atoms with van der Waals surface area (Å²) in [7, 11) is 1.52. The second-order valence-electron chi connectivity index (χ2n) is 10.7. The van der Waals surface area contributed by atoms with Crippen LogP contribution in [-0.2, 0) is 11.2 Å². The molecule has 0 saturated carbocycles. The van der Waals surface area contributed by atoms with Crippen LogP contribution in [0.5, 0.6) is 17.2 Å². The largest absolute Gasteiger partial charge is 0.492 e. The number of aliphatic carboxylic acids is 1. The van der Waals surface area contributed by atoms with E-state index < -0.39 is 17.5 Å². The van der Waals surface area contributed by atoms with E-state index in [1.54, 1.807) is 32.0 Å². The number of likely N-dealkylation sites (tertiary alicyclic amines) is 1. The minimum absolute atomic E-state index is 0.0177. The second kappa shape index (κ2) is 11.4. The number of nitrogens with one attached hydrogen (secondary N) is 1. The second-order valence-corrected chi connectivity index (χ2v) is 11.1. The first-order valence-corrected chi connectivity index (χ1v) is 13.1. The molecule has 1 saturated heterocycles. The van der Waals surface area contributed by atoms with Crippen LogP contribution in [0.25, 0.3) is 0 Å². The predicted octanol–water partition coefficient (Wildman–Crippen LogP) is 3.40. The van der Waals surface area contributed by atoms with Gasteiger partial charge in [0.15, 0.2) is 0 Å². The minimum Gasteiger partial charge on any atom is -0.492 e. The number of carboxylic acid groups (broad SMARTS) is 1. The lowest BCUT2D eigenvalue weighted by Gasteiger charge is -2.39. The molecule has 3 N–H and O–H groups in total. The van der Waals surface area contributed by atoms with Crippen LogP contribution >= 0.6 is 11.6 Å². The number of benzene rings is 2. The van der Waals surface area contributed by atoms with Gasteiger partial charge in [0.2, 0.25) is 0 Å². The van der Waals surface area contributed by atoms with Gasteiger partial charge in [-0.15, -0.1) is 0 Å². The molecule has 38 heavy (non-hydrogen) atoms. The lowest BCUT2D eigenvalue weighted by molar-refractivity contribution is -0.148. The van der Waals surface area contributed by atoms with Gasteiger partial charge in [0.25, 0.3) is 5.91 Å². The molecule has 9 nitrogen and oxygen atoms in total. The fourth-order valence-corrected chi connectivity index (χ4v) is 4.92. The molecule has 0 radical (unpaired) electrons. The quantitative estimate of drug-likeness (QED) is 0.415. The van der Waals surface area contributed by atoms with Gasteiger partial charge in [-0.2, -0.15) is 0 Å². The predicted molar refractivity (Wildman–Crippen MR) is 142 cm³/mol. The van der Waals surface area contributed by atoms with Gasteiger partial charge in [-0.1, -0.05) is 11.6 Å². The Balaban J connectivity index is 1.31. The third-order valence-electron chi connectivity index (χ3n) is 7.13. The lowest BCUT2D eigenvalue weighted by atomic mass is 9.87. The Morgan fingerprint density at radius 1 is 1.18 bits per heavy atom. The number of aliphatic hydroxyl groups is 1. The van der Waals surface area contributed by atoms with Gasteiger partial charge in [-0.3, -0.25) is 9.59 Å². The zero-order chi connectivity index (χ0) is 27.5. The van der Waals surface area contributed by atoms with Crippen molar-refractivity contribution < 1.29 is 34.0 Å². The van der Waals surface area contributed by atoms with Crippen LogP contribution < -0.4 is 19.5 Å². The number of carbonyl (C=O) groups is 2. The number of hydrogen-bond donors (Lipinski definition) is 3. The van der Waals surface area contributed by atoms with Gasteiger partial charge in [0, 0.05) is 57.0 Å². The smallest absolute Gasteiger partial charge is 0.312 e. The zero-order valence-electron chi connectivity index (χ0n) is 22.0. The molecule has 0 aromatic heterocycles. The molecule has 0 bridgehead atoms. The summed E-state index contributed by atoms with van der Waals surface area (Å²) in [4.78, 5) is 25.9. The number of amides is 1. The standard InChI is InChI=1S/C28H35ClN2O7/c1-27(2,26(34)35)17-37-21-5-6-22(25(33)30-3)24(13-21)36-16-20(32)15-31-10-8-28(9-11-31)14-18-12-19(29)4-7-23(18)38-28/h4-7,12-13,20,32H,8-11,14-17H2,1-3H3,(H,30,33)(H,34,35)/t20-/m0/s1. The lowest BCUT2D eigenvalue weighted by Crippen LogP contribution is -2.49. The average Bonchev–Trinajstić information content (AvgIpc) is 3.24. The number of rotatable bonds is 10. The fourth-order valence-electron chi connectivity index (χ4n) is 4.72. The molecule has 1 fully saturated rings. The molecule has 1 atom stereocenters. The molecule has 10 heteroatoms. The number of carboxylic acids is 1. The van der Waals surface area contributed by atoms with Crippen LogP contribution in [-0.4, -0.2) is 78.6 Å². The SMILES string of the molecule is CNC(=O)c1ccc(OCC(C)(C)C(=O)O)cc1OC[C@@H](O)CN1CCC2(CC1)Cc1cc(Cl)ccc1O2. The van der Waals surface area contributed by atoms with E-state index in [0.717, 1.165) is 43.7 Å². The molecule has 2 aromatic carbocycles. The van der Waals surface area contributed by atoms with Crippen molar-refractivity contribution in [2.24, 2.45) is 5.41 Å². The van der Waals surface area contributed by atoms with Crippen LogP contribution in [0.15, 0.2) is 36.4 Å². The summed E-state index contributed by atoms with van der Waals surface area (Å²) in [5.74, 6) is 0.211. The maximum absolute atomic E-state index is 12.3. The molecular weight excluding hydrogens is 512 g/mol. The summed E-state index contributed by atoms with van der Waals surface area (Å²) in [6, 6.07) is 10.4. The van der Waals surface area contributed by atoms with Crippen molar-refractivity contribution in [1.82, 2.24) is 10.2 Å². The Hall–Kier alpha value is -3.01. The van der Waals surface area contributed by atoms with Gasteiger partial charge < -0.3 is 34.6 Å². The van der Waals surface area contributed by atoms with Gasteiger partial charge >= 0.3 is 5.97 Å². The maximum atomic E-state index is 12.3. The molecule has 206 valence electrons. The van der Waals surface area contributed by atoms with E-state index in [1.807, 2.05) is 18.2 Å². The molecule has 0 unspecified atom stereocenters. The number of carbonyl (C=O) groups excluding carboxylic acids is 1. The minimum atomic E-state index is -1.08. The van der Waals surface area contributed by atoms with E-state index in [2.05, 4.69) is 10.2 Å². The van der Waals surface area contributed by atoms with E-state index in [1.165, 1.54) is 7.05 Å². The van der Waals surface area contributed by atoms with Crippen molar-refractivity contribution in [3.05, 3.63) is 52.5 Å². The number of halogens is 1. The number of β-amino-alcohol motifs (C(OH)–C–C–N with tert-alkyl or cyclic N) is 1. The number of piperidine rings is 1. The summed E-state index contributed by atoms with van der Waals surface area (Å²) in [5.41, 5.74) is 0.137. The molecule has 2 aliphatic heterocycles. The first kappa shape index (κ1) is 28.0. The van der Waals surface area contributed by atoms with E-state index in [-0.39, 0.29) is 30.5 Å². The van der Waals surface area contributed by atoms with Crippen molar-refractivity contribution in [2.45, 2.75) is 44.8 Å². The number of ether oxygens (including phenoxy) is 3. The first-order chi connectivity index (χ1) is 18.0. The van der Waals surface area contributed by atoms with Gasteiger partial charge in [0.1, 0.15) is 42.2 Å². The number of hydrogen-bond acceptors (Lipinski definition) is 7. The van der Waals surface area contributed by atoms with E-state index in [0.29, 0.717) is 22.9 Å². The first-order valence-electron chi connectivity index (χ1n) is 12.7. The zero-order valence-corrected chi connectivity index (χ0v) is 22.7. The van der Waals surface area contributed by atoms with Crippen molar-refractivity contribution in [3.8, 4) is 17.2 Å². The normalized spacial score (nSPS) is 17.4. The van der Waals surface area contributed by atoms with Gasteiger partial charge in [-0.05, 0) is 49.7 Å². The molecule has 1 amide bonds. The van der Waals surface area contributed by atoms with Crippen LogP contribution in [0.4, 0.5) is 0 Å². The highest BCUT2D eigenvalue weighted by Crippen LogP contribution is 2.42. The monoisotopic (exact) mass is 546 g/mol. The summed E-state index contributed by atoms with van der Waals surface area (Å²) in [6.07, 6.45) is 1.75. The molecule has 2 heterocycles. The van der Waals surface area contributed by atoms with E-state index in [4.69, 9.17) is 25.8 Å². The number of fused-ring (bicyclic) bond motifs is 1. The van der Waals surface area contributed by atoms with Gasteiger partial charge in [0.05, 0.1) is 11.0 Å². The van der Waals surface area contributed by atoms with Crippen LogP contribution in [0.2, 0.25) is 5.02 Å². The van der Waals surface area contributed by atoms with Crippen molar-refractivity contribution in [1.29, 1.82) is 0 Å². The topological polar surface area (TPSA) is 118 Å². The van der Waals surface area contributed by atoms with E-state index in [9.17, 15) is 19.8 Å². The Morgan fingerprint density at radius 2 is 1.92 bits per heavy atom. The van der Waals surface area contributed by atoms with Crippen molar-refractivity contribution in [3.63, 3.8) is 0 Å². The van der Waals surface area contributed by atoms with Crippen LogP contribution in [0.1, 0.15) is 42.6 Å². The Kier molecular flexibility index (Phi) is 8.40. The number of aliphatic hydroxyl groups excluding tert-OH is 1. The highest BCUT2D eigenvalue weighted by molar-refractivity contribution is 6.30. The molecule has 2 aromatic rings. The summed E-state index contributed by atoms with van der Waals surface area (Å²) >= 11 is 6.14. The summed E-state index contributed by atoms with van der Waals surface area (Å²) in [5, 5.41) is 23.3. The summed E-state index contributed by atoms with van der Waals surface area (Å²) < 4.78 is 17.8. The maximum Gasteiger partial charge on any atom is 0.312 e. The highest BCUT2D eigenvalue weighted by Gasteiger charge is 2.42. The third kappa shape index (κ3) is 6.51. The fraction of sp³-hybridized carbons (Fsp3) is 0.500. The average molecular weight is 547 g/mol. The van der Waals surface area contributed by atoms with Crippen LogP contribution in [0.3, 0.4) is 0 Å².